The fraction of sp³-hybridized carbons (Fsp3) is 0.417. The molecule has 5 heteroatoms. The zero-order valence-corrected chi connectivity index (χ0v) is 9.56. The molecule has 1 aromatic rings. The number of methoxy groups -OCH3 is 1. The molecule has 0 atom stereocenters. The van der Waals surface area contributed by atoms with Crippen LogP contribution in [0.2, 0.25) is 0 Å². The molecule has 92 valence electrons. The second-order valence-corrected chi connectivity index (χ2v) is 3.73. The van der Waals surface area contributed by atoms with E-state index in [2.05, 4.69) is 0 Å². The summed E-state index contributed by atoms with van der Waals surface area (Å²) < 4.78 is 15.9. The topological polar surface area (TPSA) is 65.0 Å². The Bertz CT molecular complexity index is 427. The standard InChI is InChI=1S/C12H14O5/c1-15-9-5-6-10-12(17-7-16-10)8(9)3-2-4-11(13)14/h5-6H,2-4,7H2,1H3,(H,13,14). The first kappa shape index (κ1) is 11.6. The van der Waals surface area contributed by atoms with Crippen molar-refractivity contribution in [3.63, 3.8) is 0 Å². The number of fused-ring (bicyclic) bond motifs is 1. The quantitative estimate of drug-likeness (QED) is 0.847. The minimum atomic E-state index is -0.797. The van der Waals surface area contributed by atoms with Crippen LogP contribution in [0.5, 0.6) is 17.2 Å². The van der Waals surface area contributed by atoms with Gasteiger partial charge in [0.15, 0.2) is 11.5 Å². The monoisotopic (exact) mass is 238 g/mol. The molecule has 17 heavy (non-hydrogen) atoms. The lowest BCUT2D eigenvalue weighted by molar-refractivity contribution is -0.137. The van der Waals surface area contributed by atoms with E-state index in [-0.39, 0.29) is 13.2 Å². The van der Waals surface area contributed by atoms with E-state index in [1.165, 1.54) is 0 Å². The summed E-state index contributed by atoms with van der Waals surface area (Å²) in [5.74, 6) is 1.28. The van der Waals surface area contributed by atoms with E-state index in [0.29, 0.717) is 30.1 Å². The number of aliphatic carboxylic acids is 1. The van der Waals surface area contributed by atoms with Crippen LogP contribution in [0.3, 0.4) is 0 Å². The van der Waals surface area contributed by atoms with Crippen LogP contribution in [0.25, 0.3) is 0 Å². The van der Waals surface area contributed by atoms with E-state index in [9.17, 15) is 4.79 Å². The number of hydrogen-bond donors (Lipinski definition) is 1. The van der Waals surface area contributed by atoms with Crippen molar-refractivity contribution in [2.45, 2.75) is 19.3 Å². The highest BCUT2D eigenvalue weighted by molar-refractivity contribution is 5.66. The molecule has 0 radical (unpaired) electrons. The van der Waals surface area contributed by atoms with Crippen LogP contribution < -0.4 is 14.2 Å². The predicted molar refractivity (Wildman–Crippen MR) is 59.7 cm³/mol. The Morgan fingerprint density at radius 2 is 2.29 bits per heavy atom. The van der Waals surface area contributed by atoms with Gasteiger partial charge in [0.2, 0.25) is 6.79 Å². The first-order chi connectivity index (χ1) is 8.22. The average Bonchev–Trinajstić information content (AvgIpc) is 2.77. The number of rotatable bonds is 5. The Balaban J connectivity index is 2.18. The minimum Gasteiger partial charge on any atom is -0.496 e. The zero-order chi connectivity index (χ0) is 12.3. The maximum Gasteiger partial charge on any atom is 0.303 e. The molecule has 0 spiro atoms. The highest BCUT2D eigenvalue weighted by Gasteiger charge is 2.21. The number of carboxylic acid groups (broad SMARTS) is 1. The summed E-state index contributed by atoms with van der Waals surface area (Å²) in [6, 6.07) is 3.60. The zero-order valence-electron chi connectivity index (χ0n) is 9.56. The first-order valence-electron chi connectivity index (χ1n) is 5.39. The third-order valence-electron chi connectivity index (χ3n) is 2.64. The lowest BCUT2D eigenvalue weighted by atomic mass is 10.1. The molecule has 0 aromatic heterocycles. The molecule has 5 nitrogen and oxygen atoms in total. The molecular formula is C12H14O5. The van der Waals surface area contributed by atoms with Gasteiger partial charge < -0.3 is 19.3 Å². The van der Waals surface area contributed by atoms with E-state index in [0.717, 1.165) is 5.56 Å². The SMILES string of the molecule is COc1ccc2c(c1CCCC(=O)O)OCO2. The van der Waals surface area contributed by atoms with Crippen molar-refractivity contribution in [2.24, 2.45) is 0 Å². The van der Waals surface area contributed by atoms with Crippen molar-refractivity contribution in [2.75, 3.05) is 13.9 Å². The highest BCUT2D eigenvalue weighted by atomic mass is 16.7. The molecule has 1 N–H and O–H groups in total. The largest absolute Gasteiger partial charge is 0.496 e. The van der Waals surface area contributed by atoms with Crippen LogP contribution in [0, 0.1) is 0 Å². The molecule has 0 bridgehead atoms. The first-order valence-corrected chi connectivity index (χ1v) is 5.39. The van der Waals surface area contributed by atoms with Gasteiger partial charge in [-0.2, -0.15) is 0 Å². The highest BCUT2D eigenvalue weighted by Crippen LogP contribution is 2.41. The van der Waals surface area contributed by atoms with Gasteiger partial charge in [-0.05, 0) is 25.0 Å². The van der Waals surface area contributed by atoms with E-state index in [1.54, 1.807) is 13.2 Å². The maximum atomic E-state index is 10.5. The van der Waals surface area contributed by atoms with Crippen molar-refractivity contribution in [1.29, 1.82) is 0 Å². The normalized spacial score (nSPS) is 12.5. The number of hydrogen-bond acceptors (Lipinski definition) is 4. The Kier molecular flexibility index (Phi) is 3.37. The molecule has 0 unspecified atom stereocenters. The molecule has 2 rings (SSSR count). The van der Waals surface area contributed by atoms with Gasteiger partial charge in [-0.15, -0.1) is 0 Å². The van der Waals surface area contributed by atoms with Crippen LogP contribution in [0.4, 0.5) is 0 Å². The fourth-order valence-corrected chi connectivity index (χ4v) is 1.86. The molecule has 0 aliphatic carbocycles. The second-order valence-electron chi connectivity index (χ2n) is 3.73. The summed E-state index contributed by atoms with van der Waals surface area (Å²) >= 11 is 0. The summed E-state index contributed by atoms with van der Waals surface area (Å²) in [6.07, 6.45) is 1.28. The molecule has 0 fully saturated rings. The van der Waals surface area contributed by atoms with Crippen LogP contribution in [0.1, 0.15) is 18.4 Å². The third kappa shape index (κ3) is 2.43. The number of carbonyl (C=O) groups is 1. The van der Waals surface area contributed by atoms with Crippen LogP contribution >= 0.6 is 0 Å². The van der Waals surface area contributed by atoms with Crippen molar-refractivity contribution in [1.82, 2.24) is 0 Å². The Morgan fingerprint density at radius 3 is 3.00 bits per heavy atom. The lowest BCUT2D eigenvalue weighted by Gasteiger charge is -2.10. The number of benzene rings is 1. The molecule has 1 aromatic carbocycles. The van der Waals surface area contributed by atoms with Crippen LogP contribution in [-0.4, -0.2) is 25.0 Å². The van der Waals surface area contributed by atoms with E-state index in [4.69, 9.17) is 19.3 Å². The molecule has 0 saturated heterocycles. The molecule has 0 saturated carbocycles. The number of ether oxygens (including phenoxy) is 3. The predicted octanol–water partition coefficient (Wildman–Crippen LogP) is 1.83. The Labute approximate surface area is 98.9 Å². The Hall–Kier alpha value is -1.91. The average molecular weight is 238 g/mol. The summed E-state index contributed by atoms with van der Waals surface area (Å²) in [6.45, 7) is 0.203. The van der Waals surface area contributed by atoms with Gasteiger partial charge in [0.1, 0.15) is 5.75 Å². The molecular weight excluding hydrogens is 224 g/mol. The van der Waals surface area contributed by atoms with Crippen LogP contribution in [-0.2, 0) is 11.2 Å². The van der Waals surface area contributed by atoms with Gasteiger partial charge in [0.25, 0.3) is 0 Å². The molecule has 1 aliphatic rings. The van der Waals surface area contributed by atoms with Gasteiger partial charge in [-0.25, -0.2) is 0 Å². The summed E-state index contributed by atoms with van der Waals surface area (Å²) in [5, 5.41) is 8.62. The minimum absolute atomic E-state index is 0.133. The van der Waals surface area contributed by atoms with Crippen molar-refractivity contribution in [3.8, 4) is 17.2 Å². The van der Waals surface area contributed by atoms with Crippen molar-refractivity contribution >= 4 is 5.97 Å². The summed E-state index contributed by atoms with van der Waals surface area (Å²) in [7, 11) is 1.58. The summed E-state index contributed by atoms with van der Waals surface area (Å²) in [4.78, 5) is 10.5. The maximum absolute atomic E-state index is 10.5. The fourth-order valence-electron chi connectivity index (χ4n) is 1.86. The van der Waals surface area contributed by atoms with E-state index >= 15 is 0 Å². The summed E-state index contributed by atoms with van der Waals surface area (Å²) in [5.41, 5.74) is 0.878. The molecule has 0 amide bonds. The van der Waals surface area contributed by atoms with Gasteiger partial charge in [0, 0.05) is 12.0 Å². The molecule has 1 heterocycles. The van der Waals surface area contributed by atoms with Gasteiger partial charge in [0.05, 0.1) is 7.11 Å². The van der Waals surface area contributed by atoms with Crippen LogP contribution in [0.15, 0.2) is 12.1 Å². The van der Waals surface area contributed by atoms with Crippen molar-refractivity contribution < 1.29 is 24.1 Å². The lowest BCUT2D eigenvalue weighted by Crippen LogP contribution is -1.99. The van der Waals surface area contributed by atoms with Gasteiger partial charge >= 0.3 is 5.97 Å². The van der Waals surface area contributed by atoms with Crippen molar-refractivity contribution in [3.05, 3.63) is 17.7 Å². The van der Waals surface area contributed by atoms with E-state index < -0.39 is 5.97 Å². The van der Waals surface area contributed by atoms with Gasteiger partial charge in [-0.1, -0.05) is 0 Å². The van der Waals surface area contributed by atoms with E-state index in [1.807, 2.05) is 6.07 Å². The second kappa shape index (κ2) is 4.95. The third-order valence-corrected chi connectivity index (χ3v) is 2.64. The molecule has 1 aliphatic heterocycles. The van der Waals surface area contributed by atoms with Gasteiger partial charge in [-0.3, -0.25) is 4.79 Å². The smallest absolute Gasteiger partial charge is 0.303 e. The number of carboxylic acids is 1. The Morgan fingerprint density at radius 1 is 1.47 bits per heavy atom.